The number of aryl methyl sites for hydroxylation is 1. The van der Waals surface area contributed by atoms with Gasteiger partial charge in [-0.3, -0.25) is 14.5 Å². The molecule has 0 bridgehead atoms. The summed E-state index contributed by atoms with van der Waals surface area (Å²) >= 11 is 11.2. The molecule has 146 valence electrons. The number of anilines is 1. The molecule has 0 aliphatic heterocycles. The second-order valence-corrected chi connectivity index (χ2v) is 7.14. The molecule has 0 aliphatic rings. The number of nitrogens with zero attached hydrogens (tertiary/aromatic N) is 2. The molecule has 1 heterocycles. The van der Waals surface area contributed by atoms with Crippen LogP contribution in [-0.4, -0.2) is 27.3 Å². The molecule has 0 atom stereocenters. The highest BCUT2D eigenvalue weighted by Crippen LogP contribution is 2.23. The summed E-state index contributed by atoms with van der Waals surface area (Å²) in [6.45, 7) is 4.69. The number of ether oxygens (including phenoxy) is 1. The van der Waals surface area contributed by atoms with Gasteiger partial charge in [0.15, 0.2) is 10.6 Å². The highest BCUT2D eigenvalue weighted by atomic mass is 35.5. The van der Waals surface area contributed by atoms with E-state index in [9.17, 15) is 4.79 Å². The number of carbonyl (C=O) groups excluding carboxylic acids is 1. The third-order valence-electron chi connectivity index (χ3n) is 4.11. The molecule has 1 amide bonds. The fraction of sp³-hybridized carbons (Fsp3) is 0.250. The minimum atomic E-state index is -0.196. The summed E-state index contributed by atoms with van der Waals surface area (Å²) < 4.78 is 7.65. The van der Waals surface area contributed by atoms with Gasteiger partial charge in [0, 0.05) is 16.3 Å². The van der Waals surface area contributed by atoms with E-state index in [1.807, 2.05) is 37.3 Å². The standard InChI is InChI=1S/C20H21ClN4O2S/c1-3-10-27-16-8-9-17(13(2)11-16)22-18(26)12-25-19(23-24-20(25)28)14-4-6-15(21)7-5-14/h4-9,11H,3,10,12H2,1-2H3,(H,22,26)(H,24,28). The van der Waals surface area contributed by atoms with Crippen molar-refractivity contribution in [3.8, 4) is 17.1 Å². The maximum Gasteiger partial charge on any atom is 0.244 e. The molecule has 28 heavy (non-hydrogen) atoms. The molecule has 0 fully saturated rings. The molecule has 3 rings (SSSR count). The smallest absolute Gasteiger partial charge is 0.244 e. The normalized spacial score (nSPS) is 10.7. The summed E-state index contributed by atoms with van der Waals surface area (Å²) in [7, 11) is 0. The van der Waals surface area contributed by atoms with Crippen LogP contribution in [-0.2, 0) is 11.3 Å². The van der Waals surface area contributed by atoms with Gasteiger partial charge in [-0.05, 0) is 73.6 Å². The molecule has 0 aliphatic carbocycles. The predicted molar refractivity (Wildman–Crippen MR) is 113 cm³/mol. The first-order valence-electron chi connectivity index (χ1n) is 8.92. The molecular weight excluding hydrogens is 396 g/mol. The molecule has 0 unspecified atom stereocenters. The second-order valence-electron chi connectivity index (χ2n) is 6.32. The number of aromatic amines is 1. The van der Waals surface area contributed by atoms with Gasteiger partial charge in [0.25, 0.3) is 0 Å². The number of hydrogen-bond acceptors (Lipinski definition) is 4. The zero-order valence-electron chi connectivity index (χ0n) is 15.7. The zero-order chi connectivity index (χ0) is 20.1. The average Bonchev–Trinajstić information content (AvgIpc) is 3.03. The van der Waals surface area contributed by atoms with Gasteiger partial charge in [0.1, 0.15) is 12.3 Å². The van der Waals surface area contributed by atoms with Gasteiger partial charge in [0.2, 0.25) is 5.91 Å². The Bertz CT molecular complexity index is 1030. The Morgan fingerprint density at radius 2 is 2.04 bits per heavy atom. The highest BCUT2D eigenvalue weighted by molar-refractivity contribution is 7.71. The first-order valence-corrected chi connectivity index (χ1v) is 9.71. The lowest BCUT2D eigenvalue weighted by Gasteiger charge is -2.12. The maximum absolute atomic E-state index is 12.6. The number of aromatic nitrogens is 3. The van der Waals surface area contributed by atoms with Gasteiger partial charge in [-0.1, -0.05) is 18.5 Å². The Kier molecular flexibility index (Phi) is 6.49. The average molecular weight is 417 g/mol. The molecule has 2 aromatic carbocycles. The minimum absolute atomic E-state index is 0.0425. The van der Waals surface area contributed by atoms with Gasteiger partial charge < -0.3 is 10.1 Å². The van der Waals surface area contributed by atoms with Gasteiger partial charge >= 0.3 is 0 Å². The Balaban J connectivity index is 1.75. The van der Waals surface area contributed by atoms with Crippen LogP contribution >= 0.6 is 23.8 Å². The third kappa shape index (κ3) is 4.79. The summed E-state index contributed by atoms with van der Waals surface area (Å²) in [5, 5.41) is 10.5. The summed E-state index contributed by atoms with van der Waals surface area (Å²) in [5.41, 5.74) is 2.48. The number of rotatable bonds is 7. The van der Waals surface area contributed by atoms with E-state index < -0.39 is 0 Å². The van der Waals surface area contributed by atoms with Crippen LogP contribution in [0.3, 0.4) is 0 Å². The Labute approximate surface area is 173 Å². The van der Waals surface area contributed by atoms with E-state index >= 15 is 0 Å². The molecule has 0 spiro atoms. The van der Waals surface area contributed by atoms with E-state index in [0.29, 0.717) is 22.2 Å². The van der Waals surface area contributed by atoms with Crippen LogP contribution in [0.4, 0.5) is 5.69 Å². The van der Waals surface area contributed by atoms with Crippen molar-refractivity contribution in [1.82, 2.24) is 14.8 Å². The number of halogens is 1. The Morgan fingerprint density at radius 1 is 1.29 bits per heavy atom. The summed E-state index contributed by atoms with van der Waals surface area (Å²) in [5.74, 6) is 1.18. The van der Waals surface area contributed by atoms with Crippen molar-refractivity contribution in [3.63, 3.8) is 0 Å². The topological polar surface area (TPSA) is 71.9 Å². The monoisotopic (exact) mass is 416 g/mol. The maximum atomic E-state index is 12.6. The molecule has 8 heteroatoms. The lowest BCUT2D eigenvalue weighted by molar-refractivity contribution is -0.116. The van der Waals surface area contributed by atoms with E-state index in [1.165, 1.54) is 0 Å². The van der Waals surface area contributed by atoms with E-state index in [0.717, 1.165) is 29.0 Å². The molecule has 0 radical (unpaired) electrons. The Morgan fingerprint density at radius 3 is 2.71 bits per heavy atom. The third-order valence-corrected chi connectivity index (χ3v) is 4.67. The minimum Gasteiger partial charge on any atom is -0.494 e. The zero-order valence-corrected chi connectivity index (χ0v) is 17.2. The van der Waals surface area contributed by atoms with Gasteiger partial charge in [-0.2, -0.15) is 5.10 Å². The first kappa shape index (κ1) is 20.1. The SMILES string of the molecule is CCCOc1ccc(NC(=O)Cn2c(-c3ccc(Cl)cc3)n[nH]c2=S)c(C)c1. The van der Waals surface area contributed by atoms with E-state index in [2.05, 4.69) is 22.4 Å². The van der Waals surface area contributed by atoms with Crippen LogP contribution in [0.2, 0.25) is 5.02 Å². The number of amides is 1. The summed E-state index contributed by atoms with van der Waals surface area (Å²) in [6, 6.07) is 12.8. The van der Waals surface area contributed by atoms with Crippen LogP contribution in [0.1, 0.15) is 18.9 Å². The van der Waals surface area contributed by atoms with Crippen LogP contribution in [0.5, 0.6) is 5.75 Å². The van der Waals surface area contributed by atoms with Crippen LogP contribution in [0.25, 0.3) is 11.4 Å². The molecule has 3 aromatic rings. The van der Waals surface area contributed by atoms with Crippen molar-refractivity contribution >= 4 is 35.4 Å². The molecule has 6 nitrogen and oxygen atoms in total. The van der Waals surface area contributed by atoms with E-state index in [1.54, 1.807) is 16.7 Å². The molecule has 0 saturated carbocycles. The predicted octanol–water partition coefficient (Wildman–Crippen LogP) is 5.00. The largest absolute Gasteiger partial charge is 0.494 e. The van der Waals surface area contributed by atoms with Gasteiger partial charge in [-0.15, -0.1) is 0 Å². The summed E-state index contributed by atoms with van der Waals surface area (Å²) in [4.78, 5) is 12.6. The van der Waals surface area contributed by atoms with Crippen molar-refractivity contribution in [3.05, 3.63) is 57.8 Å². The fourth-order valence-electron chi connectivity index (χ4n) is 2.70. The first-order chi connectivity index (χ1) is 13.5. The van der Waals surface area contributed by atoms with E-state index in [4.69, 9.17) is 28.6 Å². The molecule has 0 saturated heterocycles. The van der Waals surface area contributed by atoms with Crippen molar-refractivity contribution in [2.75, 3.05) is 11.9 Å². The number of benzene rings is 2. The Hall–Kier alpha value is -2.64. The number of hydrogen-bond donors (Lipinski definition) is 2. The number of H-pyrrole nitrogens is 1. The summed E-state index contributed by atoms with van der Waals surface area (Å²) in [6.07, 6.45) is 0.943. The van der Waals surface area contributed by atoms with Gasteiger partial charge in [0.05, 0.1) is 6.61 Å². The molecular formula is C20H21ClN4O2S. The number of nitrogens with one attached hydrogen (secondary N) is 2. The second kappa shape index (κ2) is 9.03. The molecule has 2 N–H and O–H groups in total. The highest BCUT2D eigenvalue weighted by Gasteiger charge is 2.13. The van der Waals surface area contributed by atoms with Crippen molar-refractivity contribution in [1.29, 1.82) is 0 Å². The quantitative estimate of drug-likeness (QED) is 0.532. The van der Waals surface area contributed by atoms with Crippen molar-refractivity contribution in [2.24, 2.45) is 0 Å². The lowest BCUT2D eigenvalue weighted by atomic mass is 10.2. The fourth-order valence-corrected chi connectivity index (χ4v) is 3.03. The van der Waals surface area contributed by atoms with Crippen molar-refractivity contribution < 1.29 is 9.53 Å². The van der Waals surface area contributed by atoms with Crippen molar-refractivity contribution in [2.45, 2.75) is 26.8 Å². The lowest BCUT2D eigenvalue weighted by Crippen LogP contribution is -2.20. The van der Waals surface area contributed by atoms with Crippen LogP contribution < -0.4 is 10.1 Å². The van der Waals surface area contributed by atoms with Crippen LogP contribution in [0.15, 0.2) is 42.5 Å². The van der Waals surface area contributed by atoms with Gasteiger partial charge in [-0.25, -0.2) is 0 Å². The van der Waals surface area contributed by atoms with Crippen LogP contribution in [0, 0.1) is 11.7 Å². The number of carbonyl (C=O) groups is 1. The molecule has 1 aromatic heterocycles. The van der Waals surface area contributed by atoms with E-state index in [-0.39, 0.29) is 12.5 Å².